The van der Waals surface area contributed by atoms with E-state index in [2.05, 4.69) is 10.3 Å². The summed E-state index contributed by atoms with van der Waals surface area (Å²) >= 11 is 11.8. The number of pyridine rings is 1. The Balaban J connectivity index is 1.65. The maximum Gasteiger partial charge on any atom is 0.220 e. The van der Waals surface area contributed by atoms with Crippen molar-refractivity contribution in [3.63, 3.8) is 0 Å². The van der Waals surface area contributed by atoms with Gasteiger partial charge in [0.15, 0.2) is 0 Å². The summed E-state index contributed by atoms with van der Waals surface area (Å²) in [5.41, 5.74) is 0.972. The van der Waals surface area contributed by atoms with Gasteiger partial charge in [0.25, 0.3) is 0 Å². The van der Waals surface area contributed by atoms with Gasteiger partial charge in [0.05, 0.1) is 11.6 Å². The van der Waals surface area contributed by atoms with Crippen LogP contribution in [0.5, 0.6) is 5.75 Å². The van der Waals surface area contributed by atoms with E-state index in [1.165, 1.54) is 0 Å². The average molecular weight is 339 g/mol. The van der Waals surface area contributed by atoms with Crippen LogP contribution >= 0.6 is 23.2 Å². The molecule has 0 aliphatic carbocycles. The summed E-state index contributed by atoms with van der Waals surface area (Å²) in [6, 6.07) is 8.81. The summed E-state index contributed by atoms with van der Waals surface area (Å²) in [5.74, 6) is 0.552. The van der Waals surface area contributed by atoms with Crippen molar-refractivity contribution in [3.05, 3.63) is 58.3 Å². The summed E-state index contributed by atoms with van der Waals surface area (Å²) in [6.07, 6.45) is 4.43. The molecule has 6 heteroatoms. The van der Waals surface area contributed by atoms with Gasteiger partial charge in [-0.3, -0.25) is 9.78 Å². The Kier molecular flexibility index (Phi) is 6.49. The minimum absolute atomic E-state index is 0.0188. The van der Waals surface area contributed by atoms with Gasteiger partial charge in [-0.2, -0.15) is 0 Å². The number of hydrogen-bond acceptors (Lipinski definition) is 3. The maximum absolute atomic E-state index is 11.7. The second kappa shape index (κ2) is 8.61. The second-order valence-corrected chi connectivity index (χ2v) is 5.51. The second-order valence-electron chi connectivity index (χ2n) is 4.66. The molecule has 116 valence electrons. The van der Waals surface area contributed by atoms with E-state index in [9.17, 15) is 4.79 Å². The van der Waals surface area contributed by atoms with E-state index in [0.717, 1.165) is 5.56 Å². The third-order valence-corrected chi connectivity index (χ3v) is 3.44. The van der Waals surface area contributed by atoms with Gasteiger partial charge in [-0.1, -0.05) is 29.3 Å². The van der Waals surface area contributed by atoms with E-state index in [1.807, 2.05) is 12.1 Å². The number of rotatable bonds is 7. The van der Waals surface area contributed by atoms with E-state index < -0.39 is 0 Å². The third-order valence-electron chi connectivity index (χ3n) is 2.91. The number of nitrogens with one attached hydrogen (secondary N) is 1. The zero-order valence-corrected chi connectivity index (χ0v) is 13.4. The molecular weight excluding hydrogens is 323 g/mol. The van der Waals surface area contributed by atoms with Crippen LogP contribution in [0.15, 0.2) is 42.7 Å². The molecule has 2 aromatic rings. The van der Waals surface area contributed by atoms with Crippen molar-refractivity contribution in [3.8, 4) is 5.75 Å². The Morgan fingerprint density at radius 3 is 2.86 bits per heavy atom. The van der Waals surface area contributed by atoms with Crippen molar-refractivity contribution in [1.29, 1.82) is 0 Å². The zero-order valence-electron chi connectivity index (χ0n) is 11.9. The number of aromatic nitrogens is 1. The maximum atomic E-state index is 11.7. The van der Waals surface area contributed by atoms with Crippen molar-refractivity contribution < 1.29 is 9.53 Å². The zero-order chi connectivity index (χ0) is 15.8. The number of ether oxygens (including phenoxy) is 1. The standard InChI is InChI=1S/C16H16Cl2N2O2/c17-13-5-6-15(14(18)9-13)22-8-2-4-16(21)20-11-12-3-1-7-19-10-12/h1,3,5-7,9-10H,2,4,8,11H2,(H,20,21). The van der Waals surface area contributed by atoms with Gasteiger partial charge in [-0.15, -0.1) is 0 Å². The predicted octanol–water partition coefficient (Wildman–Crippen LogP) is 3.86. The Bertz CT molecular complexity index is 621. The number of benzene rings is 1. The van der Waals surface area contributed by atoms with Gasteiger partial charge < -0.3 is 10.1 Å². The van der Waals surface area contributed by atoms with Crippen molar-refractivity contribution in [1.82, 2.24) is 10.3 Å². The first-order chi connectivity index (χ1) is 10.6. The first-order valence-corrected chi connectivity index (χ1v) is 7.64. The van der Waals surface area contributed by atoms with Gasteiger partial charge >= 0.3 is 0 Å². The molecule has 1 aromatic carbocycles. The lowest BCUT2D eigenvalue weighted by Crippen LogP contribution is -2.23. The average Bonchev–Trinajstić information content (AvgIpc) is 2.52. The lowest BCUT2D eigenvalue weighted by molar-refractivity contribution is -0.121. The Labute approximate surface area is 139 Å². The number of halogens is 2. The minimum atomic E-state index is -0.0188. The van der Waals surface area contributed by atoms with Crippen LogP contribution in [0, 0.1) is 0 Å². The summed E-state index contributed by atoms with van der Waals surface area (Å²) in [6.45, 7) is 0.901. The van der Waals surface area contributed by atoms with Crippen molar-refractivity contribution in [2.75, 3.05) is 6.61 Å². The van der Waals surface area contributed by atoms with Crippen LogP contribution in [-0.2, 0) is 11.3 Å². The summed E-state index contributed by atoms with van der Waals surface area (Å²) in [4.78, 5) is 15.7. The molecule has 0 spiro atoms. The van der Waals surface area contributed by atoms with Gasteiger partial charge in [-0.25, -0.2) is 0 Å². The molecule has 1 aromatic heterocycles. The SMILES string of the molecule is O=C(CCCOc1ccc(Cl)cc1Cl)NCc1cccnc1. The third kappa shape index (κ3) is 5.54. The molecule has 2 rings (SSSR count). The highest BCUT2D eigenvalue weighted by molar-refractivity contribution is 6.35. The molecule has 1 N–H and O–H groups in total. The van der Waals surface area contributed by atoms with Gasteiger partial charge in [0.1, 0.15) is 5.75 Å². The highest BCUT2D eigenvalue weighted by atomic mass is 35.5. The summed E-state index contributed by atoms with van der Waals surface area (Å²) in [5, 5.41) is 3.87. The van der Waals surface area contributed by atoms with Crippen LogP contribution in [0.3, 0.4) is 0 Å². The highest BCUT2D eigenvalue weighted by Gasteiger charge is 2.04. The Morgan fingerprint density at radius 2 is 2.14 bits per heavy atom. The van der Waals surface area contributed by atoms with Gasteiger partial charge in [0.2, 0.25) is 5.91 Å². The Hall–Kier alpha value is -1.78. The first kappa shape index (κ1) is 16.6. The molecular formula is C16H16Cl2N2O2. The lowest BCUT2D eigenvalue weighted by atomic mass is 10.2. The first-order valence-electron chi connectivity index (χ1n) is 6.88. The predicted molar refractivity (Wildman–Crippen MR) is 87.3 cm³/mol. The number of carbonyl (C=O) groups excluding carboxylic acids is 1. The molecule has 1 amide bonds. The molecule has 22 heavy (non-hydrogen) atoms. The van der Waals surface area contributed by atoms with Gasteiger partial charge in [-0.05, 0) is 36.2 Å². The minimum Gasteiger partial charge on any atom is -0.492 e. The van der Waals surface area contributed by atoms with E-state index >= 15 is 0 Å². The molecule has 0 atom stereocenters. The fourth-order valence-corrected chi connectivity index (χ4v) is 2.26. The molecule has 0 saturated heterocycles. The normalized spacial score (nSPS) is 10.3. The Morgan fingerprint density at radius 1 is 1.27 bits per heavy atom. The molecule has 0 fully saturated rings. The molecule has 0 bridgehead atoms. The monoisotopic (exact) mass is 338 g/mol. The van der Waals surface area contributed by atoms with Crippen LogP contribution in [0.1, 0.15) is 18.4 Å². The largest absolute Gasteiger partial charge is 0.492 e. The summed E-state index contributed by atoms with van der Waals surface area (Å²) < 4.78 is 5.52. The van der Waals surface area contributed by atoms with E-state index in [1.54, 1.807) is 30.6 Å². The van der Waals surface area contributed by atoms with Crippen LogP contribution in [0.25, 0.3) is 0 Å². The number of carbonyl (C=O) groups is 1. The lowest BCUT2D eigenvalue weighted by Gasteiger charge is -2.08. The highest BCUT2D eigenvalue weighted by Crippen LogP contribution is 2.27. The molecule has 0 radical (unpaired) electrons. The summed E-state index contributed by atoms with van der Waals surface area (Å²) in [7, 11) is 0. The molecule has 0 aliphatic heterocycles. The smallest absolute Gasteiger partial charge is 0.220 e. The van der Waals surface area contributed by atoms with Gasteiger partial charge in [0, 0.05) is 30.4 Å². The van der Waals surface area contributed by atoms with E-state index in [0.29, 0.717) is 41.8 Å². The van der Waals surface area contributed by atoms with Crippen molar-refractivity contribution in [2.45, 2.75) is 19.4 Å². The number of amides is 1. The molecule has 4 nitrogen and oxygen atoms in total. The van der Waals surface area contributed by atoms with Crippen LogP contribution in [0.2, 0.25) is 10.0 Å². The molecule has 0 unspecified atom stereocenters. The molecule has 0 aliphatic rings. The fraction of sp³-hybridized carbons (Fsp3) is 0.250. The van der Waals surface area contributed by atoms with Crippen LogP contribution in [0.4, 0.5) is 0 Å². The van der Waals surface area contributed by atoms with E-state index in [4.69, 9.17) is 27.9 Å². The van der Waals surface area contributed by atoms with E-state index in [-0.39, 0.29) is 5.91 Å². The topological polar surface area (TPSA) is 51.2 Å². The number of nitrogens with zero attached hydrogens (tertiary/aromatic N) is 1. The number of hydrogen-bond donors (Lipinski definition) is 1. The molecule has 1 heterocycles. The van der Waals surface area contributed by atoms with Crippen molar-refractivity contribution in [2.24, 2.45) is 0 Å². The van der Waals surface area contributed by atoms with Crippen molar-refractivity contribution >= 4 is 29.1 Å². The fourth-order valence-electron chi connectivity index (χ4n) is 1.80. The quantitative estimate of drug-likeness (QED) is 0.779. The van der Waals surface area contributed by atoms with Crippen LogP contribution in [-0.4, -0.2) is 17.5 Å². The molecule has 0 saturated carbocycles. The van der Waals surface area contributed by atoms with Crippen LogP contribution < -0.4 is 10.1 Å².